The van der Waals surface area contributed by atoms with Crippen LogP contribution in [0.3, 0.4) is 0 Å². The second-order valence-electron chi connectivity index (χ2n) is 6.77. The van der Waals surface area contributed by atoms with Crippen LogP contribution in [0.15, 0.2) is 30.3 Å². The number of hydrogen-bond acceptors (Lipinski definition) is 1. The van der Waals surface area contributed by atoms with Crippen LogP contribution in [-0.4, -0.2) is 6.36 Å². The third kappa shape index (κ3) is 6.98. The van der Waals surface area contributed by atoms with Crippen LogP contribution in [-0.2, 0) is 0 Å². The van der Waals surface area contributed by atoms with Crippen LogP contribution in [0.5, 0.6) is 5.75 Å². The molecule has 1 fully saturated rings. The van der Waals surface area contributed by atoms with Gasteiger partial charge in [0.15, 0.2) is 0 Å². The third-order valence-electron chi connectivity index (χ3n) is 4.83. The number of alkyl halides is 3. The third-order valence-corrected chi connectivity index (χ3v) is 4.83. The molecule has 1 saturated carbocycles. The molecule has 1 aromatic rings. The maximum Gasteiger partial charge on any atom is 0.573 e. The van der Waals surface area contributed by atoms with Crippen molar-refractivity contribution in [2.75, 3.05) is 0 Å². The molecule has 1 nitrogen and oxygen atoms in total. The number of hydrogen-bond donors (Lipinski definition) is 0. The number of ether oxygens (including phenoxy) is 1. The lowest BCUT2D eigenvalue weighted by Gasteiger charge is -2.28. The van der Waals surface area contributed by atoms with Gasteiger partial charge in [0.05, 0.1) is 0 Å². The van der Waals surface area contributed by atoms with Crippen LogP contribution in [0.4, 0.5) is 13.2 Å². The second-order valence-corrected chi connectivity index (χ2v) is 6.77. The van der Waals surface area contributed by atoms with Gasteiger partial charge in [0.2, 0.25) is 0 Å². The second kappa shape index (κ2) is 9.14. The molecule has 0 N–H and O–H groups in total. The minimum atomic E-state index is -4.63. The molecule has 0 aliphatic heterocycles. The van der Waals surface area contributed by atoms with Gasteiger partial charge >= 0.3 is 6.36 Å². The van der Waals surface area contributed by atoms with Crippen LogP contribution < -0.4 is 4.74 Å². The molecule has 0 unspecified atom stereocenters. The van der Waals surface area contributed by atoms with E-state index in [9.17, 15) is 13.2 Å². The van der Waals surface area contributed by atoms with Gasteiger partial charge < -0.3 is 4.74 Å². The van der Waals surface area contributed by atoms with Crippen LogP contribution in [0, 0.1) is 11.8 Å². The minimum absolute atomic E-state index is 0.177. The summed E-state index contributed by atoms with van der Waals surface area (Å²) in [5.74, 6) is 1.60. The van der Waals surface area contributed by atoms with E-state index in [1.54, 1.807) is 12.1 Å². The first-order chi connectivity index (χ1) is 11.5. The van der Waals surface area contributed by atoms with Gasteiger partial charge in [-0.2, -0.15) is 0 Å². The van der Waals surface area contributed by atoms with Crippen LogP contribution in [0.25, 0.3) is 6.08 Å². The van der Waals surface area contributed by atoms with Crippen molar-refractivity contribution in [3.8, 4) is 5.75 Å². The molecular weight excluding hydrogens is 313 g/mol. The van der Waals surface area contributed by atoms with Crippen molar-refractivity contribution in [2.24, 2.45) is 11.8 Å². The molecule has 2 rings (SSSR count). The summed E-state index contributed by atoms with van der Waals surface area (Å²) in [4.78, 5) is 0. The molecule has 0 bridgehead atoms. The number of benzene rings is 1. The normalized spacial score (nSPS) is 22.0. The van der Waals surface area contributed by atoms with Crippen LogP contribution in [0.1, 0.15) is 63.9 Å². The smallest absolute Gasteiger partial charge is 0.406 e. The van der Waals surface area contributed by atoms with Crippen molar-refractivity contribution in [1.82, 2.24) is 0 Å². The van der Waals surface area contributed by atoms with E-state index >= 15 is 0 Å². The molecule has 0 spiro atoms. The summed E-state index contributed by atoms with van der Waals surface area (Å²) in [7, 11) is 0. The van der Waals surface area contributed by atoms with Gasteiger partial charge in [-0.3, -0.25) is 0 Å². The van der Waals surface area contributed by atoms with Crippen molar-refractivity contribution in [3.05, 3.63) is 35.9 Å². The van der Waals surface area contributed by atoms with E-state index in [4.69, 9.17) is 0 Å². The quantitative estimate of drug-likeness (QED) is 0.520. The summed E-state index contributed by atoms with van der Waals surface area (Å²) in [6, 6.07) is 5.99. The SMILES string of the molecule is CCCC1CCC(CC/C=C\c2ccc(OC(F)(F)F)cc2)CC1. The van der Waals surface area contributed by atoms with Crippen molar-refractivity contribution in [3.63, 3.8) is 0 Å². The molecule has 0 saturated heterocycles. The van der Waals surface area contributed by atoms with E-state index in [0.29, 0.717) is 0 Å². The fourth-order valence-electron chi connectivity index (χ4n) is 3.55. The Balaban J connectivity index is 1.69. The largest absolute Gasteiger partial charge is 0.573 e. The van der Waals surface area contributed by atoms with E-state index in [2.05, 4.69) is 17.7 Å². The van der Waals surface area contributed by atoms with Gasteiger partial charge in [0, 0.05) is 0 Å². The summed E-state index contributed by atoms with van der Waals surface area (Å²) in [5.41, 5.74) is 0.899. The lowest BCUT2D eigenvalue weighted by molar-refractivity contribution is -0.274. The molecular formula is C20H27F3O. The van der Waals surface area contributed by atoms with Crippen LogP contribution in [0.2, 0.25) is 0 Å². The Morgan fingerprint density at radius 3 is 2.12 bits per heavy atom. The van der Waals surface area contributed by atoms with E-state index < -0.39 is 6.36 Å². The predicted molar refractivity (Wildman–Crippen MR) is 91.7 cm³/mol. The maximum atomic E-state index is 12.1. The molecule has 1 aliphatic carbocycles. The van der Waals surface area contributed by atoms with Crippen LogP contribution >= 0.6 is 0 Å². The molecule has 0 atom stereocenters. The van der Waals surface area contributed by atoms with Gasteiger partial charge in [0.1, 0.15) is 5.75 Å². The highest BCUT2D eigenvalue weighted by molar-refractivity contribution is 5.50. The number of rotatable bonds is 7. The Bertz CT molecular complexity index is 497. The summed E-state index contributed by atoms with van der Waals surface area (Å²) in [6.45, 7) is 2.26. The zero-order chi connectivity index (χ0) is 17.4. The first-order valence-corrected chi connectivity index (χ1v) is 8.98. The molecule has 1 aliphatic rings. The molecule has 0 amide bonds. The molecule has 134 valence electrons. The van der Waals surface area contributed by atoms with Gasteiger partial charge in [-0.15, -0.1) is 13.2 Å². The predicted octanol–water partition coefficient (Wildman–Crippen LogP) is 6.99. The molecule has 0 radical (unpaired) electrons. The molecule has 1 aromatic carbocycles. The van der Waals surface area contributed by atoms with Gasteiger partial charge in [0.25, 0.3) is 0 Å². The molecule has 0 heterocycles. The number of halogens is 3. The van der Waals surface area contributed by atoms with Crippen molar-refractivity contribution >= 4 is 6.08 Å². The van der Waals surface area contributed by atoms with Gasteiger partial charge in [-0.25, -0.2) is 0 Å². The summed E-state index contributed by atoms with van der Waals surface area (Å²) < 4.78 is 40.2. The minimum Gasteiger partial charge on any atom is -0.406 e. The standard InChI is InChI=1S/C20H27F3O/c1-2-5-16-8-10-17(11-9-16)6-3-4-7-18-12-14-19(15-13-18)24-20(21,22)23/h4,7,12-17H,2-3,5-6,8-11H2,1H3/b7-4-. The summed E-state index contributed by atoms with van der Waals surface area (Å²) in [6.07, 6.45) is 9.83. The fourth-order valence-corrected chi connectivity index (χ4v) is 3.55. The molecule has 0 aromatic heterocycles. The van der Waals surface area contributed by atoms with E-state index in [1.807, 2.05) is 6.08 Å². The lowest BCUT2D eigenvalue weighted by atomic mass is 9.78. The Morgan fingerprint density at radius 2 is 1.58 bits per heavy atom. The average Bonchev–Trinajstić information content (AvgIpc) is 2.53. The zero-order valence-electron chi connectivity index (χ0n) is 14.3. The van der Waals surface area contributed by atoms with E-state index in [0.717, 1.165) is 23.8 Å². The fraction of sp³-hybridized carbons (Fsp3) is 0.600. The van der Waals surface area contributed by atoms with Gasteiger partial charge in [-0.05, 0) is 42.4 Å². The highest BCUT2D eigenvalue weighted by atomic mass is 19.4. The Hall–Kier alpha value is -1.45. The highest BCUT2D eigenvalue weighted by Crippen LogP contribution is 2.33. The first-order valence-electron chi connectivity index (χ1n) is 8.98. The Labute approximate surface area is 142 Å². The van der Waals surface area contributed by atoms with E-state index in [-0.39, 0.29) is 5.75 Å². The Morgan fingerprint density at radius 1 is 1.00 bits per heavy atom. The molecule has 24 heavy (non-hydrogen) atoms. The summed E-state index contributed by atoms with van der Waals surface area (Å²) in [5, 5.41) is 0. The van der Waals surface area contributed by atoms with Crippen molar-refractivity contribution < 1.29 is 17.9 Å². The first kappa shape index (κ1) is 18.9. The highest BCUT2D eigenvalue weighted by Gasteiger charge is 2.30. The topological polar surface area (TPSA) is 9.23 Å². The Kier molecular flexibility index (Phi) is 7.19. The maximum absolute atomic E-state index is 12.1. The monoisotopic (exact) mass is 340 g/mol. The van der Waals surface area contributed by atoms with Crippen molar-refractivity contribution in [1.29, 1.82) is 0 Å². The zero-order valence-corrected chi connectivity index (χ0v) is 14.3. The lowest BCUT2D eigenvalue weighted by Crippen LogP contribution is -2.16. The van der Waals surface area contributed by atoms with E-state index in [1.165, 1.54) is 57.1 Å². The molecule has 4 heteroatoms. The number of allylic oxidation sites excluding steroid dienone is 1. The van der Waals surface area contributed by atoms with Crippen molar-refractivity contribution in [2.45, 2.75) is 64.7 Å². The average molecular weight is 340 g/mol. The van der Waals surface area contributed by atoms with Gasteiger partial charge in [-0.1, -0.05) is 69.7 Å². The summed E-state index contributed by atoms with van der Waals surface area (Å²) >= 11 is 0.